The summed E-state index contributed by atoms with van der Waals surface area (Å²) in [5, 5.41) is 11.0. The molecule has 1 aliphatic rings. The molecule has 1 unspecified atom stereocenters. The van der Waals surface area contributed by atoms with Crippen molar-refractivity contribution in [3.63, 3.8) is 0 Å². The van der Waals surface area contributed by atoms with Gasteiger partial charge in [-0.3, -0.25) is 9.59 Å². The predicted octanol–water partition coefficient (Wildman–Crippen LogP) is 0.454. The van der Waals surface area contributed by atoms with Crippen molar-refractivity contribution in [1.82, 2.24) is 10.3 Å². The Kier molecular flexibility index (Phi) is 4.89. The fourth-order valence-corrected chi connectivity index (χ4v) is 1.78. The molecule has 0 aliphatic carbocycles. The van der Waals surface area contributed by atoms with Crippen LogP contribution in [0.25, 0.3) is 0 Å². The molecule has 1 amide bonds. The number of nitrogens with one attached hydrogen (secondary N) is 1. The van der Waals surface area contributed by atoms with Gasteiger partial charge in [0.15, 0.2) is 0 Å². The quantitative estimate of drug-likeness (QED) is 0.785. The second-order valence-corrected chi connectivity index (χ2v) is 4.39. The average Bonchev–Trinajstić information content (AvgIpc) is 2.91. The Labute approximate surface area is 115 Å². The summed E-state index contributed by atoms with van der Waals surface area (Å²) in [6.07, 6.45) is 2.14. The van der Waals surface area contributed by atoms with E-state index in [2.05, 4.69) is 10.3 Å². The second-order valence-electron chi connectivity index (χ2n) is 4.39. The van der Waals surface area contributed by atoms with E-state index < -0.39 is 5.97 Å². The predicted molar refractivity (Wildman–Crippen MR) is 68.7 cm³/mol. The molecule has 1 fully saturated rings. The highest BCUT2D eigenvalue weighted by molar-refractivity contribution is 5.94. The third-order valence-corrected chi connectivity index (χ3v) is 2.80. The van der Waals surface area contributed by atoms with Crippen molar-refractivity contribution in [2.24, 2.45) is 0 Å². The van der Waals surface area contributed by atoms with E-state index >= 15 is 0 Å². The maximum Gasteiger partial charge on any atom is 0.305 e. The summed E-state index contributed by atoms with van der Waals surface area (Å²) < 4.78 is 10.8. The van der Waals surface area contributed by atoms with E-state index in [0.29, 0.717) is 24.7 Å². The minimum Gasteiger partial charge on any atom is -0.481 e. The lowest BCUT2D eigenvalue weighted by atomic mass is 10.2. The number of pyridine rings is 1. The maximum absolute atomic E-state index is 11.8. The molecule has 1 aromatic heterocycles. The van der Waals surface area contributed by atoms with Crippen LogP contribution in [0, 0.1) is 0 Å². The van der Waals surface area contributed by atoms with E-state index in [0.717, 1.165) is 6.42 Å². The van der Waals surface area contributed by atoms with E-state index in [-0.39, 0.29) is 25.0 Å². The van der Waals surface area contributed by atoms with Gasteiger partial charge in [-0.15, -0.1) is 0 Å². The zero-order chi connectivity index (χ0) is 14.4. The number of hydrogen-bond donors (Lipinski definition) is 2. The summed E-state index contributed by atoms with van der Waals surface area (Å²) in [4.78, 5) is 26.2. The van der Waals surface area contributed by atoms with Crippen molar-refractivity contribution in [3.05, 3.63) is 23.9 Å². The van der Waals surface area contributed by atoms with Crippen LogP contribution in [-0.2, 0) is 9.53 Å². The van der Waals surface area contributed by atoms with E-state index in [1.165, 1.54) is 12.3 Å². The monoisotopic (exact) mass is 280 g/mol. The summed E-state index contributed by atoms with van der Waals surface area (Å²) in [6.45, 7) is 1.28. The van der Waals surface area contributed by atoms with Crippen LogP contribution in [0.3, 0.4) is 0 Å². The molecule has 2 heterocycles. The first-order valence-corrected chi connectivity index (χ1v) is 6.35. The molecule has 1 aliphatic heterocycles. The zero-order valence-electron chi connectivity index (χ0n) is 10.9. The highest BCUT2D eigenvalue weighted by Gasteiger charge is 2.18. The summed E-state index contributed by atoms with van der Waals surface area (Å²) in [5.74, 6) is -0.933. The van der Waals surface area contributed by atoms with E-state index in [1.807, 2.05) is 0 Å². The van der Waals surface area contributed by atoms with Crippen molar-refractivity contribution >= 4 is 11.9 Å². The fraction of sp³-hybridized carbons (Fsp3) is 0.462. The van der Waals surface area contributed by atoms with Gasteiger partial charge < -0.3 is 19.9 Å². The Hall–Kier alpha value is -2.15. The van der Waals surface area contributed by atoms with Crippen molar-refractivity contribution in [3.8, 4) is 5.88 Å². The maximum atomic E-state index is 11.8. The smallest absolute Gasteiger partial charge is 0.305 e. The number of carboxylic acid groups (broad SMARTS) is 1. The number of rotatable bonds is 6. The van der Waals surface area contributed by atoms with Crippen LogP contribution in [-0.4, -0.2) is 47.8 Å². The first-order valence-electron chi connectivity index (χ1n) is 6.35. The Morgan fingerprint density at radius 1 is 1.55 bits per heavy atom. The van der Waals surface area contributed by atoms with Gasteiger partial charge in [-0.2, -0.15) is 0 Å². The molecule has 0 spiro atoms. The van der Waals surface area contributed by atoms with Crippen molar-refractivity contribution in [2.45, 2.75) is 18.9 Å². The molecule has 0 saturated carbocycles. The molecule has 7 nitrogen and oxygen atoms in total. The number of ether oxygens (including phenoxy) is 2. The SMILES string of the molecule is O=C(O)CCNC(=O)c1ccnc(OC2CCOC2)c1. The van der Waals surface area contributed by atoms with Gasteiger partial charge in [0.2, 0.25) is 5.88 Å². The molecule has 0 bridgehead atoms. The van der Waals surface area contributed by atoms with Crippen LogP contribution in [0.4, 0.5) is 0 Å². The van der Waals surface area contributed by atoms with Gasteiger partial charge in [0, 0.05) is 30.8 Å². The van der Waals surface area contributed by atoms with Gasteiger partial charge >= 0.3 is 5.97 Å². The number of carbonyl (C=O) groups excluding carboxylic acids is 1. The van der Waals surface area contributed by atoms with Crippen molar-refractivity contribution in [1.29, 1.82) is 0 Å². The summed E-state index contributed by atoms with van der Waals surface area (Å²) in [6, 6.07) is 3.09. The Morgan fingerprint density at radius 3 is 3.10 bits per heavy atom. The van der Waals surface area contributed by atoms with Gasteiger partial charge in [0.05, 0.1) is 19.6 Å². The topological polar surface area (TPSA) is 97.8 Å². The molecule has 0 aromatic carbocycles. The summed E-state index contributed by atoms with van der Waals surface area (Å²) in [7, 11) is 0. The van der Waals surface area contributed by atoms with Crippen LogP contribution < -0.4 is 10.1 Å². The third-order valence-electron chi connectivity index (χ3n) is 2.80. The molecule has 1 aromatic rings. The second kappa shape index (κ2) is 6.85. The molecule has 7 heteroatoms. The van der Waals surface area contributed by atoms with Crippen LogP contribution >= 0.6 is 0 Å². The van der Waals surface area contributed by atoms with E-state index in [1.54, 1.807) is 6.07 Å². The van der Waals surface area contributed by atoms with Gasteiger partial charge in [-0.1, -0.05) is 0 Å². The number of aromatic nitrogens is 1. The van der Waals surface area contributed by atoms with E-state index in [9.17, 15) is 9.59 Å². The summed E-state index contributed by atoms with van der Waals surface area (Å²) in [5.41, 5.74) is 0.388. The molecule has 20 heavy (non-hydrogen) atoms. The van der Waals surface area contributed by atoms with Crippen LogP contribution in [0.5, 0.6) is 5.88 Å². The van der Waals surface area contributed by atoms with E-state index in [4.69, 9.17) is 14.6 Å². The van der Waals surface area contributed by atoms with Gasteiger partial charge in [-0.25, -0.2) is 4.98 Å². The first-order chi connectivity index (χ1) is 9.65. The number of carbonyl (C=O) groups is 2. The normalized spacial score (nSPS) is 17.7. The fourth-order valence-electron chi connectivity index (χ4n) is 1.78. The minimum absolute atomic E-state index is 0.0344. The molecular weight excluding hydrogens is 264 g/mol. The van der Waals surface area contributed by atoms with Gasteiger partial charge in [0.1, 0.15) is 6.10 Å². The van der Waals surface area contributed by atoms with Crippen LogP contribution in [0.15, 0.2) is 18.3 Å². The molecule has 1 atom stereocenters. The molecular formula is C13H16N2O5. The highest BCUT2D eigenvalue weighted by Crippen LogP contribution is 2.15. The van der Waals surface area contributed by atoms with Crippen LogP contribution in [0.2, 0.25) is 0 Å². The number of nitrogens with zero attached hydrogens (tertiary/aromatic N) is 1. The van der Waals surface area contributed by atoms with Gasteiger partial charge in [-0.05, 0) is 6.07 Å². The Bertz CT molecular complexity index is 485. The lowest BCUT2D eigenvalue weighted by Crippen LogP contribution is -2.26. The number of aliphatic carboxylic acids is 1. The number of amides is 1. The molecule has 2 N–H and O–H groups in total. The minimum atomic E-state index is -0.953. The molecule has 2 rings (SSSR count). The van der Waals surface area contributed by atoms with Crippen molar-refractivity contribution in [2.75, 3.05) is 19.8 Å². The average molecular weight is 280 g/mol. The van der Waals surface area contributed by atoms with Gasteiger partial charge in [0.25, 0.3) is 5.91 Å². The number of carboxylic acids is 1. The lowest BCUT2D eigenvalue weighted by Gasteiger charge is -2.11. The standard InChI is InChI=1S/C13H16N2O5/c16-12(17)2-5-15-13(18)9-1-4-14-11(7-9)20-10-3-6-19-8-10/h1,4,7,10H,2-3,5-6,8H2,(H,15,18)(H,16,17). The first kappa shape index (κ1) is 14.3. The lowest BCUT2D eigenvalue weighted by molar-refractivity contribution is -0.136. The molecule has 1 saturated heterocycles. The summed E-state index contributed by atoms with van der Waals surface area (Å²) >= 11 is 0. The Balaban J connectivity index is 1.90. The van der Waals surface area contributed by atoms with Crippen molar-refractivity contribution < 1.29 is 24.2 Å². The Morgan fingerprint density at radius 2 is 2.40 bits per heavy atom. The third kappa shape index (κ3) is 4.20. The highest BCUT2D eigenvalue weighted by atomic mass is 16.5. The number of hydrogen-bond acceptors (Lipinski definition) is 5. The molecule has 108 valence electrons. The zero-order valence-corrected chi connectivity index (χ0v) is 10.9. The molecule has 0 radical (unpaired) electrons. The largest absolute Gasteiger partial charge is 0.481 e. The van der Waals surface area contributed by atoms with Crippen LogP contribution in [0.1, 0.15) is 23.2 Å².